The van der Waals surface area contributed by atoms with Gasteiger partial charge in [-0.1, -0.05) is 24.3 Å². The summed E-state index contributed by atoms with van der Waals surface area (Å²) in [6.45, 7) is 0. The number of carbonyl (C=O) groups is 1. The quantitative estimate of drug-likeness (QED) is 0.739. The summed E-state index contributed by atoms with van der Waals surface area (Å²) in [7, 11) is 0. The molecule has 4 heteroatoms. The summed E-state index contributed by atoms with van der Waals surface area (Å²) in [6, 6.07) is 7.48. The topological polar surface area (TPSA) is 63.3 Å². The van der Waals surface area contributed by atoms with Crippen molar-refractivity contribution in [2.45, 2.75) is 18.4 Å². The standard InChI is InChI=1S/C10H11NO2.ClH/c11-10(9(12)13)6-5-7-3-1-2-4-8(7)10;/h1-4H,5-6,11H2,(H,12,13);1H/t10-;/m1./s1. The minimum atomic E-state index is -1.16. The van der Waals surface area contributed by atoms with Crippen molar-refractivity contribution in [3.63, 3.8) is 0 Å². The maximum atomic E-state index is 11.0. The Kier molecular flexibility index (Phi) is 2.83. The second kappa shape index (κ2) is 3.59. The van der Waals surface area contributed by atoms with Gasteiger partial charge in [0.1, 0.15) is 5.54 Å². The molecule has 3 nitrogen and oxygen atoms in total. The highest BCUT2D eigenvalue weighted by atomic mass is 35.5. The smallest absolute Gasteiger partial charge is 0.328 e. The molecule has 1 aliphatic carbocycles. The highest BCUT2D eigenvalue weighted by Gasteiger charge is 2.41. The van der Waals surface area contributed by atoms with E-state index in [1.165, 1.54) is 0 Å². The molecule has 0 unspecified atom stereocenters. The van der Waals surface area contributed by atoms with Crippen molar-refractivity contribution in [3.05, 3.63) is 35.4 Å². The van der Waals surface area contributed by atoms with Crippen LogP contribution in [-0.2, 0) is 16.8 Å². The lowest BCUT2D eigenvalue weighted by Crippen LogP contribution is -2.42. The second-order valence-electron chi connectivity index (χ2n) is 3.43. The average molecular weight is 214 g/mol. The van der Waals surface area contributed by atoms with Crippen LogP contribution in [0.1, 0.15) is 17.5 Å². The first-order valence-corrected chi connectivity index (χ1v) is 4.25. The average Bonchev–Trinajstić information content (AvgIpc) is 2.47. The molecule has 2 rings (SSSR count). The first-order chi connectivity index (χ1) is 6.14. The Morgan fingerprint density at radius 2 is 2.07 bits per heavy atom. The molecule has 0 amide bonds. The molecule has 1 aliphatic rings. The number of fused-ring (bicyclic) bond motifs is 1. The summed E-state index contributed by atoms with van der Waals surface area (Å²) in [5.41, 5.74) is 6.49. The van der Waals surface area contributed by atoms with E-state index >= 15 is 0 Å². The molecule has 76 valence electrons. The van der Waals surface area contributed by atoms with Crippen molar-refractivity contribution in [1.82, 2.24) is 0 Å². The summed E-state index contributed by atoms with van der Waals surface area (Å²) < 4.78 is 0. The summed E-state index contributed by atoms with van der Waals surface area (Å²) in [5, 5.41) is 8.99. The number of nitrogens with two attached hydrogens (primary N) is 1. The number of rotatable bonds is 1. The first-order valence-electron chi connectivity index (χ1n) is 4.25. The summed E-state index contributed by atoms with van der Waals surface area (Å²) in [6.07, 6.45) is 1.26. The predicted octanol–water partition coefficient (Wildman–Crippen LogP) is 1.29. The zero-order valence-electron chi connectivity index (χ0n) is 7.56. The molecule has 1 atom stereocenters. The van der Waals surface area contributed by atoms with E-state index in [4.69, 9.17) is 10.8 Å². The van der Waals surface area contributed by atoms with Crippen molar-refractivity contribution in [1.29, 1.82) is 0 Å². The fourth-order valence-electron chi connectivity index (χ4n) is 1.86. The van der Waals surface area contributed by atoms with Gasteiger partial charge in [-0.15, -0.1) is 12.4 Å². The van der Waals surface area contributed by atoms with E-state index in [0.29, 0.717) is 6.42 Å². The van der Waals surface area contributed by atoms with Crippen LogP contribution < -0.4 is 5.73 Å². The Morgan fingerprint density at radius 1 is 1.43 bits per heavy atom. The molecule has 0 saturated heterocycles. The Morgan fingerprint density at radius 3 is 2.71 bits per heavy atom. The van der Waals surface area contributed by atoms with Gasteiger partial charge in [0.05, 0.1) is 0 Å². The second-order valence-corrected chi connectivity index (χ2v) is 3.43. The molecule has 0 spiro atoms. The minimum Gasteiger partial charge on any atom is -0.480 e. The number of hydrogen-bond donors (Lipinski definition) is 2. The van der Waals surface area contributed by atoms with E-state index in [1.54, 1.807) is 6.07 Å². The Balaban J connectivity index is 0.000000980. The van der Waals surface area contributed by atoms with Gasteiger partial charge in [0.2, 0.25) is 0 Å². The van der Waals surface area contributed by atoms with Gasteiger partial charge in [-0.3, -0.25) is 0 Å². The van der Waals surface area contributed by atoms with E-state index in [9.17, 15) is 4.79 Å². The first kappa shape index (κ1) is 11.0. The zero-order chi connectivity index (χ0) is 9.47. The lowest BCUT2D eigenvalue weighted by Gasteiger charge is -2.19. The molecule has 14 heavy (non-hydrogen) atoms. The number of benzene rings is 1. The number of aryl methyl sites for hydroxylation is 1. The molecule has 1 aromatic rings. The van der Waals surface area contributed by atoms with Crippen LogP contribution in [0.3, 0.4) is 0 Å². The van der Waals surface area contributed by atoms with Crippen LogP contribution in [0.2, 0.25) is 0 Å². The molecule has 0 bridgehead atoms. The Hall–Kier alpha value is -1.06. The minimum absolute atomic E-state index is 0. The van der Waals surface area contributed by atoms with Crippen molar-refractivity contribution < 1.29 is 9.90 Å². The summed E-state index contributed by atoms with van der Waals surface area (Å²) in [4.78, 5) is 11.0. The SMILES string of the molecule is Cl.N[C@]1(C(=O)O)CCc2ccccc21. The van der Waals surface area contributed by atoms with Crippen molar-refractivity contribution >= 4 is 18.4 Å². The van der Waals surface area contributed by atoms with E-state index in [1.807, 2.05) is 18.2 Å². The molecular formula is C10H12ClNO2. The van der Waals surface area contributed by atoms with Crippen LogP contribution in [0.5, 0.6) is 0 Å². The highest BCUT2D eigenvalue weighted by Crippen LogP contribution is 2.34. The largest absolute Gasteiger partial charge is 0.480 e. The molecule has 0 radical (unpaired) electrons. The lowest BCUT2D eigenvalue weighted by molar-refractivity contribution is -0.143. The third-order valence-corrected chi connectivity index (χ3v) is 2.67. The number of carboxylic acids is 1. The third-order valence-electron chi connectivity index (χ3n) is 2.67. The van der Waals surface area contributed by atoms with Gasteiger partial charge in [0.25, 0.3) is 0 Å². The van der Waals surface area contributed by atoms with Gasteiger partial charge in [-0.25, -0.2) is 4.79 Å². The number of aliphatic carboxylic acids is 1. The summed E-state index contributed by atoms with van der Waals surface area (Å²) in [5.74, 6) is -0.933. The van der Waals surface area contributed by atoms with Crippen LogP contribution >= 0.6 is 12.4 Å². The molecule has 0 fully saturated rings. The van der Waals surface area contributed by atoms with Crippen LogP contribution in [0.15, 0.2) is 24.3 Å². The molecule has 0 saturated carbocycles. The van der Waals surface area contributed by atoms with E-state index in [2.05, 4.69) is 0 Å². The normalized spacial score (nSPS) is 23.8. The zero-order valence-corrected chi connectivity index (χ0v) is 8.38. The lowest BCUT2D eigenvalue weighted by atomic mass is 9.93. The van der Waals surface area contributed by atoms with Gasteiger partial charge in [-0.2, -0.15) is 0 Å². The Labute approximate surface area is 88.3 Å². The van der Waals surface area contributed by atoms with Crippen LogP contribution in [0.25, 0.3) is 0 Å². The number of hydrogen-bond acceptors (Lipinski definition) is 2. The maximum Gasteiger partial charge on any atom is 0.328 e. The molecule has 3 N–H and O–H groups in total. The fourth-order valence-corrected chi connectivity index (χ4v) is 1.86. The van der Waals surface area contributed by atoms with Gasteiger partial charge >= 0.3 is 5.97 Å². The van der Waals surface area contributed by atoms with Gasteiger partial charge < -0.3 is 10.8 Å². The number of carboxylic acid groups (broad SMARTS) is 1. The van der Waals surface area contributed by atoms with Gasteiger partial charge in [0, 0.05) is 0 Å². The predicted molar refractivity (Wildman–Crippen MR) is 55.5 cm³/mol. The maximum absolute atomic E-state index is 11.0. The fraction of sp³-hybridized carbons (Fsp3) is 0.300. The van der Waals surface area contributed by atoms with Crippen LogP contribution in [-0.4, -0.2) is 11.1 Å². The van der Waals surface area contributed by atoms with Crippen LogP contribution in [0.4, 0.5) is 0 Å². The molecule has 0 aromatic heterocycles. The number of halogens is 1. The summed E-state index contributed by atoms with van der Waals surface area (Å²) >= 11 is 0. The monoisotopic (exact) mass is 213 g/mol. The Bertz CT molecular complexity index is 367. The van der Waals surface area contributed by atoms with E-state index in [-0.39, 0.29) is 12.4 Å². The van der Waals surface area contributed by atoms with Gasteiger partial charge in [0.15, 0.2) is 0 Å². The van der Waals surface area contributed by atoms with Crippen molar-refractivity contribution in [2.24, 2.45) is 5.73 Å². The third kappa shape index (κ3) is 1.38. The highest BCUT2D eigenvalue weighted by molar-refractivity contribution is 5.85. The van der Waals surface area contributed by atoms with Crippen LogP contribution in [0, 0.1) is 0 Å². The molecular weight excluding hydrogens is 202 g/mol. The molecule has 0 heterocycles. The van der Waals surface area contributed by atoms with E-state index in [0.717, 1.165) is 17.5 Å². The van der Waals surface area contributed by atoms with E-state index < -0.39 is 11.5 Å². The van der Waals surface area contributed by atoms with Gasteiger partial charge in [-0.05, 0) is 24.0 Å². The molecule has 1 aromatic carbocycles. The van der Waals surface area contributed by atoms with Crippen molar-refractivity contribution in [3.8, 4) is 0 Å². The molecule has 0 aliphatic heterocycles. The van der Waals surface area contributed by atoms with Crippen molar-refractivity contribution in [2.75, 3.05) is 0 Å².